The molecule has 0 spiro atoms. The number of fused-ring (bicyclic) bond motifs is 1. The second-order valence-electron chi connectivity index (χ2n) is 17.1. The van der Waals surface area contributed by atoms with Crippen molar-refractivity contribution < 1.29 is 28.0 Å². The first-order chi connectivity index (χ1) is 31.5. The number of hydrogen-bond donors (Lipinski definition) is 2. The van der Waals surface area contributed by atoms with Crippen molar-refractivity contribution in [1.29, 1.82) is 5.26 Å². The van der Waals surface area contributed by atoms with Crippen LogP contribution in [0.2, 0.25) is 0 Å². The molecule has 13 nitrogen and oxygen atoms in total. The number of aromatic nitrogens is 3. The van der Waals surface area contributed by atoms with Crippen LogP contribution in [0.4, 0.5) is 5.95 Å². The van der Waals surface area contributed by atoms with Gasteiger partial charge in [0.1, 0.15) is 29.4 Å². The molecule has 0 radical (unpaired) electrons. The third-order valence-electron chi connectivity index (χ3n) is 11.4. The fourth-order valence-corrected chi connectivity index (χ4v) is 10.2. The van der Waals surface area contributed by atoms with Crippen LogP contribution in [0.5, 0.6) is 11.5 Å². The molecule has 0 saturated carbocycles. The molecule has 0 bridgehead atoms. The number of methoxy groups -OCH3 is 2. The number of anilines is 1. The van der Waals surface area contributed by atoms with Gasteiger partial charge >= 0.3 is 0 Å². The van der Waals surface area contributed by atoms with Crippen LogP contribution in [0.25, 0.3) is 22.3 Å². The van der Waals surface area contributed by atoms with Crippen LogP contribution in [-0.4, -0.2) is 77.5 Å². The monoisotopic (exact) mass is 900 g/mol. The van der Waals surface area contributed by atoms with E-state index in [1.165, 1.54) is 0 Å². The van der Waals surface area contributed by atoms with Gasteiger partial charge in [-0.25, -0.2) is 4.67 Å². The fourth-order valence-electron chi connectivity index (χ4n) is 8.42. The predicted octanol–water partition coefficient (Wildman–Crippen LogP) is 10.4. The van der Waals surface area contributed by atoms with Crippen LogP contribution in [0.3, 0.4) is 0 Å². The number of nitriles is 1. The van der Waals surface area contributed by atoms with Gasteiger partial charge in [0.25, 0.3) is 14.1 Å². The summed E-state index contributed by atoms with van der Waals surface area (Å²) >= 11 is 0. The molecule has 4 atom stereocenters. The Balaban J connectivity index is 1.38. The van der Waals surface area contributed by atoms with E-state index in [9.17, 15) is 10.1 Å². The first-order valence-corrected chi connectivity index (χ1v) is 23.4. The van der Waals surface area contributed by atoms with Gasteiger partial charge in [-0.15, -0.1) is 0 Å². The lowest BCUT2D eigenvalue weighted by molar-refractivity contribution is -0.0908. The largest absolute Gasteiger partial charge is 0.497 e. The molecule has 1 unspecified atom stereocenters. The van der Waals surface area contributed by atoms with E-state index in [0.717, 1.165) is 27.9 Å². The fraction of sp³-hybridized carbons (Fsp3) is 0.392. The number of H-pyrrole nitrogens is 1. The van der Waals surface area contributed by atoms with Gasteiger partial charge in [0.15, 0.2) is 5.65 Å². The van der Waals surface area contributed by atoms with Gasteiger partial charge < -0.3 is 33.3 Å². The van der Waals surface area contributed by atoms with Gasteiger partial charge in [-0.2, -0.15) is 10.2 Å². The summed E-state index contributed by atoms with van der Waals surface area (Å²) in [5.74, 6) is 2.13. The molecule has 1 saturated heterocycles. The van der Waals surface area contributed by atoms with Crippen molar-refractivity contribution in [3.05, 3.63) is 142 Å². The zero-order valence-electron chi connectivity index (χ0n) is 38.6. The van der Waals surface area contributed by atoms with Crippen molar-refractivity contribution in [2.75, 3.05) is 39.3 Å². The molecule has 4 aromatic carbocycles. The maximum Gasteiger partial charge on any atom is 0.261 e. The molecule has 2 N–H and O–H groups in total. The molecule has 7 rings (SSSR count). The van der Waals surface area contributed by atoms with E-state index in [1.807, 2.05) is 108 Å². The smallest absolute Gasteiger partial charge is 0.261 e. The minimum Gasteiger partial charge on any atom is -0.497 e. The summed E-state index contributed by atoms with van der Waals surface area (Å²) in [6.07, 6.45) is -1.30. The Bertz CT molecular complexity index is 2490. The molecule has 6 aromatic rings. The molecule has 14 heteroatoms. The van der Waals surface area contributed by atoms with E-state index in [-0.39, 0.29) is 37.3 Å². The SMILES string of the molecule is COc1ccc(C(OC[C@H]2O[C@@H](n3c(-c4ccccc4)cc4c(=O)[nH]c(NCC(C)C)nc43)C[C@@H]2OP(OCCC#N)N(C(C)C)C(C)C)(c2ccccc2)c2ccc(OC)cc2)cc1. The minimum atomic E-state index is -1.69. The second-order valence-corrected chi connectivity index (χ2v) is 18.5. The third-order valence-corrected chi connectivity index (χ3v) is 13.6. The minimum absolute atomic E-state index is 0.0673. The van der Waals surface area contributed by atoms with E-state index in [2.05, 4.69) is 74.7 Å². The van der Waals surface area contributed by atoms with Gasteiger partial charge in [-0.3, -0.25) is 14.3 Å². The van der Waals surface area contributed by atoms with Crippen LogP contribution >= 0.6 is 8.53 Å². The van der Waals surface area contributed by atoms with Crippen LogP contribution in [0.1, 0.15) is 77.3 Å². The van der Waals surface area contributed by atoms with Crippen molar-refractivity contribution in [2.45, 2.75) is 90.5 Å². The molecule has 1 fully saturated rings. The Morgan fingerprint density at radius 1 is 0.877 bits per heavy atom. The van der Waals surface area contributed by atoms with Crippen molar-refractivity contribution in [1.82, 2.24) is 19.2 Å². The van der Waals surface area contributed by atoms with Crippen LogP contribution in [0.15, 0.2) is 120 Å². The summed E-state index contributed by atoms with van der Waals surface area (Å²) in [5, 5.41) is 13.3. The summed E-state index contributed by atoms with van der Waals surface area (Å²) in [6.45, 7) is 13.6. The molecule has 342 valence electrons. The van der Waals surface area contributed by atoms with Crippen LogP contribution in [0, 0.1) is 17.2 Å². The molecule has 0 amide bonds. The average molecular weight is 901 g/mol. The Labute approximate surface area is 383 Å². The quantitative estimate of drug-likeness (QED) is 0.0404. The maximum absolute atomic E-state index is 13.9. The van der Waals surface area contributed by atoms with Crippen LogP contribution < -0.4 is 20.3 Å². The van der Waals surface area contributed by atoms with Crippen molar-refractivity contribution in [3.8, 4) is 28.8 Å². The van der Waals surface area contributed by atoms with E-state index in [0.29, 0.717) is 47.4 Å². The van der Waals surface area contributed by atoms with Gasteiger partial charge in [0.05, 0.1) is 57.1 Å². The number of rotatable bonds is 21. The highest BCUT2D eigenvalue weighted by Gasteiger charge is 2.45. The molecular formula is C51H61N6O7P. The molecule has 65 heavy (non-hydrogen) atoms. The molecule has 1 aliphatic heterocycles. The van der Waals surface area contributed by atoms with E-state index < -0.39 is 32.6 Å². The molecule has 2 aromatic heterocycles. The van der Waals surface area contributed by atoms with E-state index in [4.69, 9.17) is 33.0 Å². The highest BCUT2D eigenvalue weighted by Crippen LogP contribution is 2.51. The lowest BCUT2D eigenvalue weighted by Gasteiger charge is -2.39. The second kappa shape index (κ2) is 21.6. The number of aromatic amines is 1. The predicted molar refractivity (Wildman–Crippen MR) is 256 cm³/mol. The molecule has 1 aliphatic rings. The molecular weight excluding hydrogens is 840 g/mol. The number of hydrogen-bond acceptors (Lipinski definition) is 11. The Hall–Kier alpha value is -5.58. The highest BCUT2D eigenvalue weighted by atomic mass is 31.2. The normalized spacial score (nSPS) is 17.0. The van der Waals surface area contributed by atoms with Gasteiger partial charge in [-0.1, -0.05) is 98.8 Å². The standard InChI is InChI=1S/C51H61N6O7P/c1-34(2)32-53-50-54-48-43(49(58)55-50)30-44(37-16-11-9-12-17-37)56(48)47-31-45(64-65(62-29-15-28-52)57(35(3)4)36(5)6)46(63-47)33-61-51(38-18-13-10-14-19-38,39-20-24-41(59-7)25-21-39)40-22-26-42(60-8)27-23-40/h9-14,16-27,30,34-36,45-47H,15,29,31-33H2,1-8H3,(H2,53,54,55,58)/t45-,46+,47+,65?/m0/s1. The average Bonchev–Trinajstić information content (AvgIpc) is 3.90. The maximum atomic E-state index is 13.9. The summed E-state index contributed by atoms with van der Waals surface area (Å²) < 4.78 is 43.9. The Morgan fingerprint density at radius 2 is 1.46 bits per heavy atom. The Morgan fingerprint density at radius 3 is 2.02 bits per heavy atom. The van der Waals surface area contributed by atoms with Gasteiger partial charge in [0, 0.05) is 25.0 Å². The first kappa shape index (κ1) is 47.4. The highest BCUT2D eigenvalue weighted by molar-refractivity contribution is 7.44. The summed E-state index contributed by atoms with van der Waals surface area (Å²) in [6, 6.07) is 40.2. The van der Waals surface area contributed by atoms with Gasteiger partial charge in [-0.05, 0) is 86.2 Å². The topological polar surface area (TPSA) is 145 Å². The van der Waals surface area contributed by atoms with Crippen molar-refractivity contribution in [3.63, 3.8) is 0 Å². The number of benzene rings is 4. The van der Waals surface area contributed by atoms with Crippen molar-refractivity contribution >= 4 is 25.5 Å². The van der Waals surface area contributed by atoms with E-state index >= 15 is 0 Å². The molecule has 3 heterocycles. The lowest BCUT2D eigenvalue weighted by atomic mass is 9.80. The zero-order chi connectivity index (χ0) is 46.1. The third kappa shape index (κ3) is 10.6. The zero-order valence-corrected chi connectivity index (χ0v) is 39.5. The van der Waals surface area contributed by atoms with Crippen molar-refractivity contribution in [2.24, 2.45) is 5.92 Å². The summed E-state index contributed by atoms with van der Waals surface area (Å²) in [7, 11) is 1.61. The lowest BCUT2D eigenvalue weighted by Crippen LogP contribution is -2.39. The number of ether oxygens (including phenoxy) is 4. The van der Waals surface area contributed by atoms with Crippen LogP contribution in [-0.2, 0) is 24.1 Å². The number of nitrogens with zero attached hydrogens (tertiary/aromatic N) is 4. The first-order valence-electron chi connectivity index (χ1n) is 22.3. The summed E-state index contributed by atoms with van der Waals surface area (Å²) in [5.41, 5.74) is 3.43. The summed E-state index contributed by atoms with van der Waals surface area (Å²) in [4.78, 5) is 21.8. The number of nitrogens with one attached hydrogen (secondary N) is 2. The van der Waals surface area contributed by atoms with E-state index in [1.54, 1.807) is 14.2 Å². The Kier molecular flexibility index (Phi) is 15.8. The molecule has 0 aliphatic carbocycles. The van der Waals surface area contributed by atoms with Gasteiger partial charge in [0.2, 0.25) is 5.95 Å².